The number of hydrogen-bond donors (Lipinski definition) is 1. The predicted molar refractivity (Wildman–Crippen MR) is 90.7 cm³/mol. The largest absolute Gasteiger partial charge is 0.371 e. The van der Waals surface area contributed by atoms with Gasteiger partial charge in [0.15, 0.2) is 0 Å². The van der Waals surface area contributed by atoms with Gasteiger partial charge < -0.3 is 10.2 Å². The summed E-state index contributed by atoms with van der Waals surface area (Å²) < 4.78 is 0. The maximum Gasteiger partial charge on any atom is 0.0562 e. The maximum absolute atomic E-state index is 4.50. The fraction of sp³-hybridized carbons (Fsp3) is 0.722. The number of hydrogen-bond acceptors (Lipinski definition) is 3. The minimum absolute atomic E-state index is 0.130. The zero-order chi connectivity index (χ0) is 15.5. The van der Waals surface area contributed by atoms with Crippen LogP contribution in [-0.4, -0.2) is 23.6 Å². The first-order valence-electron chi connectivity index (χ1n) is 8.32. The van der Waals surface area contributed by atoms with E-state index >= 15 is 0 Å². The van der Waals surface area contributed by atoms with Crippen LogP contribution in [0.2, 0.25) is 0 Å². The fourth-order valence-electron chi connectivity index (χ4n) is 3.10. The Kier molecular flexibility index (Phi) is 4.92. The first-order valence-corrected chi connectivity index (χ1v) is 8.32. The molecule has 2 heterocycles. The molecule has 0 bridgehead atoms. The Hall–Kier alpha value is -1.09. The van der Waals surface area contributed by atoms with Gasteiger partial charge in [-0.15, -0.1) is 0 Å². The monoisotopic (exact) mass is 289 g/mol. The van der Waals surface area contributed by atoms with Gasteiger partial charge in [-0.1, -0.05) is 13.8 Å². The van der Waals surface area contributed by atoms with Gasteiger partial charge in [-0.3, -0.25) is 4.98 Å². The molecule has 3 heteroatoms. The molecule has 1 aromatic heterocycles. The van der Waals surface area contributed by atoms with Crippen molar-refractivity contribution in [3.63, 3.8) is 0 Å². The number of nitrogens with zero attached hydrogens (tertiary/aromatic N) is 2. The number of nitrogens with one attached hydrogen (secondary N) is 1. The van der Waals surface area contributed by atoms with Crippen LogP contribution in [0.5, 0.6) is 0 Å². The average molecular weight is 289 g/mol. The second-order valence-corrected chi connectivity index (χ2v) is 7.49. The van der Waals surface area contributed by atoms with E-state index < -0.39 is 0 Å². The van der Waals surface area contributed by atoms with Crippen molar-refractivity contribution in [3.05, 3.63) is 24.0 Å². The van der Waals surface area contributed by atoms with Crippen molar-refractivity contribution >= 4 is 5.69 Å². The highest BCUT2D eigenvalue weighted by molar-refractivity contribution is 5.48. The zero-order valence-corrected chi connectivity index (χ0v) is 14.4. The summed E-state index contributed by atoms with van der Waals surface area (Å²) in [4.78, 5) is 7.04. The molecule has 1 aliphatic rings. The topological polar surface area (TPSA) is 28.2 Å². The van der Waals surface area contributed by atoms with Crippen molar-refractivity contribution in [1.82, 2.24) is 10.3 Å². The molecule has 0 aliphatic carbocycles. The first-order chi connectivity index (χ1) is 9.87. The highest BCUT2D eigenvalue weighted by Crippen LogP contribution is 2.38. The van der Waals surface area contributed by atoms with Crippen LogP contribution in [0, 0.1) is 5.41 Å². The van der Waals surface area contributed by atoms with Gasteiger partial charge in [0.25, 0.3) is 0 Å². The smallest absolute Gasteiger partial charge is 0.0562 e. The van der Waals surface area contributed by atoms with Crippen molar-refractivity contribution in [3.8, 4) is 0 Å². The molecule has 0 unspecified atom stereocenters. The second kappa shape index (κ2) is 6.35. The van der Waals surface area contributed by atoms with E-state index in [-0.39, 0.29) is 5.54 Å². The van der Waals surface area contributed by atoms with Gasteiger partial charge >= 0.3 is 0 Å². The van der Waals surface area contributed by atoms with Gasteiger partial charge in [0.1, 0.15) is 0 Å². The van der Waals surface area contributed by atoms with Gasteiger partial charge in [-0.25, -0.2) is 0 Å². The summed E-state index contributed by atoms with van der Waals surface area (Å²) in [6.45, 7) is 14.4. The lowest BCUT2D eigenvalue weighted by Gasteiger charge is -2.27. The lowest BCUT2D eigenvalue weighted by atomic mass is 9.82. The van der Waals surface area contributed by atoms with E-state index in [4.69, 9.17) is 0 Å². The summed E-state index contributed by atoms with van der Waals surface area (Å²) in [7, 11) is 0. The summed E-state index contributed by atoms with van der Waals surface area (Å²) in [5.74, 6) is 0. The minimum atomic E-state index is 0.130. The summed E-state index contributed by atoms with van der Waals surface area (Å²) in [5, 5.41) is 3.51. The SMILES string of the molecule is CCC1(CC)CCN(c2ccnc(CNC(C)(C)C)c2)C1. The second-order valence-electron chi connectivity index (χ2n) is 7.49. The quantitative estimate of drug-likeness (QED) is 0.888. The fourth-order valence-corrected chi connectivity index (χ4v) is 3.10. The van der Waals surface area contributed by atoms with Crippen LogP contribution in [0.15, 0.2) is 18.3 Å². The third kappa shape index (κ3) is 4.19. The normalized spacial score (nSPS) is 18.2. The molecule has 1 aromatic rings. The van der Waals surface area contributed by atoms with Crippen LogP contribution in [0.25, 0.3) is 0 Å². The van der Waals surface area contributed by atoms with Gasteiger partial charge in [0, 0.05) is 37.1 Å². The Morgan fingerprint density at radius 2 is 2.00 bits per heavy atom. The minimum Gasteiger partial charge on any atom is -0.371 e. The van der Waals surface area contributed by atoms with E-state index in [1.165, 1.54) is 38.0 Å². The highest BCUT2D eigenvalue weighted by Gasteiger charge is 2.34. The summed E-state index contributed by atoms with van der Waals surface area (Å²) in [6.07, 6.45) is 5.83. The third-order valence-electron chi connectivity index (χ3n) is 4.90. The zero-order valence-electron chi connectivity index (χ0n) is 14.4. The number of anilines is 1. The van der Waals surface area contributed by atoms with Crippen LogP contribution in [0.1, 0.15) is 59.6 Å². The van der Waals surface area contributed by atoms with Crippen molar-refractivity contribution in [2.24, 2.45) is 5.41 Å². The molecular formula is C18H31N3. The molecule has 0 radical (unpaired) electrons. The van der Waals surface area contributed by atoms with Crippen LogP contribution >= 0.6 is 0 Å². The lowest BCUT2D eigenvalue weighted by molar-refractivity contribution is 0.301. The Labute approximate surface area is 130 Å². The molecule has 3 nitrogen and oxygen atoms in total. The molecule has 21 heavy (non-hydrogen) atoms. The number of rotatable bonds is 5. The van der Waals surface area contributed by atoms with Crippen molar-refractivity contribution < 1.29 is 0 Å². The first kappa shape index (κ1) is 16.3. The van der Waals surface area contributed by atoms with Gasteiger partial charge in [0.05, 0.1) is 5.69 Å². The number of aromatic nitrogens is 1. The molecule has 1 fully saturated rings. The van der Waals surface area contributed by atoms with E-state index in [0.717, 1.165) is 12.2 Å². The summed E-state index contributed by atoms with van der Waals surface area (Å²) >= 11 is 0. The van der Waals surface area contributed by atoms with Gasteiger partial charge in [-0.2, -0.15) is 0 Å². The molecule has 0 amide bonds. The molecule has 1 saturated heterocycles. The Bertz CT molecular complexity index is 458. The van der Waals surface area contributed by atoms with E-state index in [2.05, 4.69) is 62.0 Å². The van der Waals surface area contributed by atoms with Crippen LogP contribution in [-0.2, 0) is 6.54 Å². The molecule has 1 N–H and O–H groups in total. The summed E-state index contributed by atoms with van der Waals surface area (Å²) in [5.41, 5.74) is 3.12. The highest BCUT2D eigenvalue weighted by atomic mass is 15.2. The molecule has 2 rings (SSSR count). The Balaban J connectivity index is 2.05. The Morgan fingerprint density at radius 3 is 2.57 bits per heavy atom. The molecule has 0 atom stereocenters. The van der Waals surface area contributed by atoms with Crippen LogP contribution < -0.4 is 10.2 Å². The molecule has 0 aromatic carbocycles. The Morgan fingerprint density at radius 1 is 1.29 bits per heavy atom. The number of pyridine rings is 1. The third-order valence-corrected chi connectivity index (χ3v) is 4.90. The van der Waals surface area contributed by atoms with E-state index in [1.54, 1.807) is 0 Å². The molecule has 0 spiro atoms. The molecule has 118 valence electrons. The van der Waals surface area contributed by atoms with Crippen LogP contribution in [0.4, 0.5) is 5.69 Å². The average Bonchev–Trinajstić information content (AvgIpc) is 2.90. The molecular weight excluding hydrogens is 258 g/mol. The van der Waals surface area contributed by atoms with Crippen molar-refractivity contribution in [1.29, 1.82) is 0 Å². The molecule has 0 saturated carbocycles. The van der Waals surface area contributed by atoms with Gasteiger partial charge in [0.2, 0.25) is 0 Å². The maximum atomic E-state index is 4.50. The van der Waals surface area contributed by atoms with Crippen molar-refractivity contribution in [2.45, 2.75) is 66.0 Å². The van der Waals surface area contributed by atoms with E-state index in [1.807, 2.05) is 6.20 Å². The van der Waals surface area contributed by atoms with E-state index in [9.17, 15) is 0 Å². The lowest BCUT2D eigenvalue weighted by Crippen LogP contribution is -2.35. The van der Waals surface area contributed by atoms with Crippen molar-refractivity contribution in [2.75, 3.05) is 18.0 Å². The molecule has 1 aliphatic heterocycles. The predicted octanol–water partition coefficient (Wildman–Crippen LogP) is 3.99. The standard InChI is InChI=1S/C18H31N3/c1-6-18(7-2)9-11-21(14-18)16-8-10-19-15(12-16)13-20-17(3,4)5/h8,10,12,20H,6-7,9,11,13-14H2,1-5H3. The van der Waals surface area contributed by atoms with Crippen LogP contribution in [0.3, 0.4) is 0 Å². The van der Waals surface area contributed by atoms with Gasteiger partial charge in [-0.05, 0) is 57.6 Å². The summed E-state index contributed by atoms with van der Waals surface area (Å²) in [6, 6.07) is 4.40. The van der Waals surface area contributed by atoms with E-state index in [0.29, 0.717) is 5.41 Å².